The van der Waals surface area contributed by atoms with Crippen LogP contribution in [0.2, 0.25) is 0 Å². The molecule has 1 N–H and O–H groups in total. The lowest BCUT2D eigenvalue weighted by atomic mass is 10.1. The first kappa shape index (κ1) is 16.9. The lowest BCUT2D eigenvalue weighted by molar-refractivity contribution is 0.0951. The van der Waals surface area contributed by atoms with E-state index in [2.05, 4.69) is 10.5 Å². The predicted molar refractivity (Wildman–Crippen MR) is 86.2 cm³/mol. The van der Waals surface area contributed by atoms with Gasteiger partial charge >= 0.3 is 0 Å². The second kappa shape index (κ2) is 7.67. The maximum absolute atomic E-state index is 12.3. The number of carbonyl (C=O) groups excluding carboxylic acids is 1. The fourth-order valence-electron chi connectivity index (χ4n) is 2.39. The zero-order chi connectivity index (χ0) is 16.8. The molecule has 0 fully saturated rings. The third kappa shape index (κ3) is 3.83. The van der Waals surface area contributed by atoms with Crippen LogP contribution < -0.4 is 14.8 Å². The van der Waals surface area contributed by atoms with Gasteiger partial charge in [-0.1, -0.05) is 18.1 Å². The lowest BCUT2D eigenvalue weighted by Gasteiger charge is -2.10. The van der Waals surface area contributed by atoms with Crippen LogP contribution in [0.5, 0.6) is 11.5 Å². The van der Waals surface area contributed by atoms with Crippen molar-refractivity contribution in [3.63, 3.8) is 0 Å². The minimum atomic E-state index is -0.152. The van der Waals surface area contributed by atoms with Crippen LogP contribution >= 0.6 is 0 Å². The fraction of sp³-hybridized carbons (Fsp3) is 0.412. The summed E-state index contributed by atoms with van der Waals surface area (Å²) in [5.74, 6) is 1.83. The van der Waals surface area contributed by atoms with Crippen LogP contribution in [0.4, 0.5) is 0 Å². The first-order valence-electron chi connectivity index (χ1n) is 7.54. The number of benzene rings is 1. The lowest BCUT2D eigenvalue weighted by Crippen LogP contribution is -2.26. The number of ether oxygens (including phenoxy) is 2. The smallest absolute Gasteiger partial charge is 0.256 e. The molecule has 1 aromatic heterocycles. The van der Waals surface area contributed by atoms with Crippen LogP contribution in [0.3, 0.4) is 0 Å². The summed E-state index contributed by atoms with van der Waals surface area (Å²) in [4.78, 5) is 12.3. The van der Waals surface area contributed by atoms with Gasteiger partial charge < -0.3 is 19.3 Å². The molecule has 0 radical (unpaired) electrons. The molecule has 0 aliphatic rings. The molecule has 1 aromatic carbocycles. The average molecular weight is 318 g/mol. The van der Waals surface area contributed by atoms with Crippen molar-refractivity contribution < 1.29 is 18.8 Å². The number of carbonyl (C=O) groups is 1. The van der Waals surface area contributed by atoms with Crippen LogP contribution in [0.1, 0.15) is 34.3 Å². The molecule has 0 unspecified atom stereocenters. The van der Waals surface area contributed by atoms with Crippen molar-refractivity contribution in [2.45, 2.75) is 26.7 Å². The molecule has 1 heterocycles. The van der Waals surface area contributed by atoms with E-state index in [-0.39, 0.29) is 5.91 Å². The van der Waals surface area contributed by atoms with Crippen LogP contribution in [-0.2, 0) is 12.8 Å². The third-order valence-corrected chi connectivity index (χ3v) is 3.63. The Morgan fingerprint density at radius 3 is 2.65 bits per heavy atom. The van der Waals surface area contributed by atoms with Crippen LogP contribution in [0, 0.1) is 6.92 Å². The monoisotopic (exact) mass is 318 g/mol. The summed E-state index contributed by atoms with van der Waals surface area (Å²) in [7, 11) is 3.20. The Balaban J connectivity index is 1.97. The molecule has 0 saturated heterocycles. The van der Waals surface area contributed by atoms with Crippen molar-refractivity contribution in [2.24, 2.45) is 0 Å². The Labute approximate surface area is 135 Å². The number of nitrogens with zero attached hydrogens (tertiary/aromatic N) is 1. The van der Waals surface area contributed by atoms with Gasteiger partial charge in [0.1, 0.15) is 11.3 Å². The SMILES string of the molecule is CCc1onc(C)c1C(=O)NCCc1ccc(OC)c(OC)c1. The van der Waals surface area contributed by atoms with E-state index in [1.807, 2.05) is 25.1 Å². The zero-order valence-electron chi connectivity index (χ0n) is 13.9. The Hall–Kier alpha value is -2.50. The highest BCUT2D eigenvalue weighted by Crippen LogP contribution is 2.27. The summed E-state index contributed by atoms with van der Waals surface area (Å²) in [6.07, 6.45) is 1.33. The summed E-state index contributed by atoms with van der Waals surface area (Å²) in [6.45, 7) is 4.22. The number of hydrogen-bond acceptors (Lipinski definition) is 5. The fourth-order valence-corrected chi connectivity index (χ4v) is 2.39. The highest BCUT2D eigenvalue weighted by Gasteiger charge is 2.18. The molecule has 0 aliphatic carbocycles. The van der Waals surface area contributed by atoms with Crippen molar-refractivity contribution >= 4 is 5.91 Å². The number of hydrogen-bond donors (Lipinski definition) is 1. The van der Waals surface area contributed by atoms with Crippen LogP contribution in [0.25, 0.3) is 0 Å². The summed E-state index contributed by atoms with van der Waals surface area (Å²) in [6, 6.07) is 5.72. The summed E-state index contributed by atoms with van der Waals surface area (Å²) in [5, 5.41) is 6.75. The molecular formula is C17H22N2O4. The molecule has 0 saturated carbocycles. The topological polar surface area (TPSA) is 73.6 Å². The first-order valence-corrected chi connectivity index (χ1v) is 7.54. The van der Waals surface area contributed by atoms with Crippen molar-refractivity contribution in [3.8, 4) is 11.5 Å². The second-order valence-electron chi connectivity index (χ2n) is 5.11. The van der Waals surface area contributed by atoms with E-state index < -0.39 is 0 Å². The summed E-state index contributed by atoms with van der Waals surface area (Å²) >= 11 is 0. The number of rotatable bonds is 7. The number of nitrogens with one attached hydrogen (secondary N) is 1. The van der Waals surface area contributed by atoms with E-state index in [1.54, 1.807) is 21.1 Å². The number of methoxy groups -OCH3 is 2. The molecule has 0 spiro atoms. The van der Waals surface area contributed by atoms with Gasteiger partial charge in [0.05, 0.1) is 19.9 Å². The van der Waals surface area contributed by atoms with Gasteiger partial charge in [0.25, 0.3) is 5.91 Å². The van der Waals surface area contributed by atoms with Crippen molar-refractivity contribution in [1.82, 2.24) is 10.5 Å². The van der Waals surface area contributed by atoms with Gasteiger partial charge in [0.15, 0.2) is 11.5 Å². The van der Waals surface area contributed by atoms with Gasteiger partial charge in [-0.25, -0.2) is 0 Å². The Morgan fingerprint density at radius 2 is 2.00 bits per heavy atom. The Morgan fingerprint density at radius 1 is 1.26 bits per heavy atom. The van der Waals surface area contributed by atoms with Crippen molar-refractivity contribution in [3.05, 3.63) is 40.8 Å². The van der Waals surface area contributed by atoms with Crippen molar-refractivity contribution in [1.29, 1.82) is 0 Å². The van der Waals surface area contributed by atoms with E-state index in [4.69, 9.17) is 14.0 Å². The maximum Gasteiger partial charge on any atom is 0.256 e. The van der Waals surface area contributed by atoms with E-state index in [1.165, 1.54) is 0 Å². The molecule has 124 valence electrons. The van der Waals surface area contributed by atoms with Gasteiger partial charge in [0.2, 0.25) is 0 Å². The highest BCUT2D eigenvalue weighted by molar-refractivity contribution is 5.96. The predicted octanol–water partition coefficient (Wildman–Crippen LogP) is 2.54. The molecule has 23 heavy (non-hydrogen) atoms. The molecule has 6 heteroatoms. The largest absolute Gasteiger partial charge is 0.493 e. The molecule has 0 atom stereocenters. The highest BCUT2D eigenvalue weighted by atomic mass is 16.5. The van der Waals surface area contributed by atoms with Gasteiger partial charge in [-0.15, -0.1) is 0 Å². The average Bonchev–Trinajstić information content (AvgIpc) is 2.95. The molecule has 0 aliphatic heterocycles. The Kier molecular flexibility index (Phi) is 5.62. The van der Waals surface area contributed by atoms with E-state index in [9.17, 15) is 4.79 Å². The molecular weight excluding hydrogens is 296 g/mol. The number of aryl methyl sites for hydroxylation is 2. The normalized spacial score (nSPS) is 10.4. The number of amides is 1. The molecule has 0 bridgehead atoms. The second-order valence-corrected chi connectivity index (χ2v) is 5.11. The zero-order valence-corrected chi connectivity index (χ0v) is 13.9. The van der Waals surface area contributed by atoms with E-state index >= 15 is 0 Å². The van der Waals surface area contributed by atoms with Crippen LogP contribution in [0.15, 0.2) is 22.7 Å². The molecule has 2 rings (SSSR count). The number of aromatic nitrogens is 1. The standard InChI is InChI=1S/C17H22N2O4/c1-5-13-16(11(2)19-23-13)17(20)18-9-8-12-6-7-14(21-3)15(10-12)22-4/h6-7,10H,5,8-9H2,1-4H3,(H,18,20). The minimum Gasteiger partial charge on any atom is -0.493 e. The molecule has 6 nitrogen and oxygen atoms in total. The molecule has 1 amide bonds. The van der Waals surface area contributed by atoms with Gasteiger partial charge in [-0.3, -0.25) is 4.79 Å². The Bertz CT molecular complexity index is 679. The quantitative estimate of drug-likeness (QED) is 0.849. The first-order chi connectivity index (χ1) is 11.1. The van der Waals surface area contributed by atoms with Crippen molar-refractivity contribution in [2.75, 3.05) is 20.8 Å². The summed E-state index contributed by atoms with van der Waals surface area (Å²) < 4.78 is 15.6. The van der Waals surface area contributed by atoms with Gasteiger partial charge in [-0.2, -0.15) is 0 Å². The summed E-state index contributed by atoms with van der Waals surface area (Å²) in [5.41, 5.74) is 2.21. The maximum atomic E-state index is 12.3. The van der Waals surface area contributed by atoms with Gasteiger partial charge in [-0.05, 0) is 31.0 Å². The van der Waals surface area contributed by atoms with Crippen LogP contribution in [-0.4, -0.2) is 31.8 Å². The van der Waals surface area contributed by atoms with Gasteiger partial charge in [0, 0.05) is 13.0 Å². The molecule has 2 aromatic rings. The minimum absolute atomic E-state index is 0.152. The third-order valence-electron chi connectivity index (χ3n) is 3.63. The van der Waals surface area contributed by atoms with E-state index in [0.29, 0.717) is 47.9 Å². The van der Waals surface area contributed by atoms with E-state index in [0.717, 1.165) is 5.56 Å².